The quantitative estimate of drug-likeness (QED) is 0.766. The summed E-state index contributed by atoms with van der Waals surface area (Å²) in [6.07, 6.45) is 1.05. The van der Waals surface area contributed by atoms with Gasteiger partial charge in [-0.1, -0.05) is 11.6 Å². The molecule has 0 spiro atoms. The van der Waals surface area contributed by atoms with Crippen molar-refractivity contribution in [3.8, 4) is 0 Å². The third-order valence-electron chi connectivity index (χ3n) is 2.14. The molecule has 0 aliphatic heterocycles. The molecule has 82 valence electrons. The highest BCUT2D eigenvalue weighted by Crippen LogP contribution is 2.13. The van der Waals surface area contributed by atoms with Crippen molar-refractivity contribution in [3.63, 3.8) is 0 Å². The van der Waals surface area contributed by atoms with E-state index in [0.29, 0.717) is 10.6 Å². The van der Waals surface area contributed by atoms with Crippen LogP contribution in [0.4, 0.5) is 0 Å². The molecule has 0 aromatic heterocycles. The van der Waals surface area contributed by atoms with Crippen molar-refractivity contribution in [2.24, 2.45) is 0 Å². The van der Waals surface area contributed by atoms with Gasteiger partial charge in [-0.3, -0.25) is 4.79 Å². The van der Waals surface area contributed by atoms with Crippen LogP contribution in [0.5, 0.6) is 0 Å². The molecule has 1 atom stereocenters. The maximum Gasteiger partial charge on any atom is 0.180 e. The van der Waals surface area contributed by atoms with Gasteiger partial charge in [-0.15, -0.1) is 0 Å². The average molecular weight is 247 g/mol. The van der Waals surface area contributed by atoms with Crippen molar-refractivity contribution in [2.45, 2.75) is 12.2 Å². The van der Waals surface area contributed by atoms with Crippen LogP contribution in [-0.4, -0.2) is 25.7 Å². The Balaban J connectivity index is 3.01. The minimum Gasteiger partial charge on any atom is -0.293 e. The number of hydrogen-bond acceptors (Lipinski definition) is 3. The Morgan fingerprint density at radius 2 is 1.73 bits per heavy atom. The Labute approximate surface area is 94.0 Å². The molecular weight excluding hydrogens is 236 g/mol. The largest absolute Gasteiger partial charge is 0.293 e. The van der Waals surface area contributed by atoms with E-state index >= 15 is 0 Å². The Kier molecular flexibility index (Phi) is 3.52. The summed E-state index contributed by atoms with van der Waals surface area (Å²) >= 11 is 5.66. The fourth-order valence-corrected chi connectivity index (χ4v) is 1.69. The number of Topliss-reactive ketones (excluding diaryl/α,β-unsaturated/α-hetero) is 1. The first-order valence-corrected chi connectivity index (χ1v) is 6.64. The molecule has 0 saturated carbocycles. The van der Waals surface area contributed by atoms with E-state index in [1.165, 1.54) is 19.1 Å². The third-order valence-corrected chi connectivity index (χ3v) is 3.89. The molecule has 1 rings (SSSR count). The van der Waals surface area contributed by atoms with E-state index in [-0.39, 0.29) is 0 Å². The fraction of sp³-hybridized carbons (Fsp3) is 0.300. The zero-order valence-corrected chi connectivity index (χ0v) is 9.97. The maximum atomic E-state index is 11.7. The number of benzene rings is 1. The molecule has 0 saturated heterocycles. The van der Waals surface area contributed by atoms with E-state index in [1.54, 1.807) is 12.1 Å². The molecule has 0 amide bonds. The third kappa shape index (κ3) is 3.04. The summed E-state index contributed by atoms with van der Waals surface area (Å²) in [4.78, 5) is 11.7. The standard InChI is InChI=1S/C10H11ClO3S/c1-7(15(2,13)14)10(12)8-3-5-9(11)6-4-8/h3-7H,1-2H3. The monoisotopic (exact) mass is 246 g/mol. The fourth-order valence-electron chi connectivity index (χ4n) is 1.04. The summed E-state index contributed by atoms with van der Waals surface area (Å²) in [5.74, 6) is -0.408. The van der Waals surface area contributed by atoms with E-state index in [4.69, 9.17) is 11.6 Å². The van der Waals surface area contributed by atoms with Crippen LogP contribution in [0.2, 0.25) is 5.02 Å². The summed E-state index contributed by atoms with van der Waals surface area (Å²) in [6.45, 7) is 1.38. The number of halogens is 1. The van der Waals surface area contributed by atoms with Crippen LogP contribution in [0.25, 0.3) is 0 Å². The van der Waals surface area contributed by atoms with Gasteiger partial charge in [0.2, 0.25) is 0 Å². The Morgan fingerprint density at radius 3 is 2.13 bits per heavy atom. The first-order valence-electron chi connectivity index (χ1n) is 4.31. The molecule has 0 radical (unpaired) electrons. The van der Waals surface area contributed by atoms with E-state index in [2.05, 4.69) is 0 Å². The average Bonchev–Trinajstić information content (AvgIpc) is 2.15. The highest BCUT2D eigenvalue weighted by atomic mass is 35.5. The van der Waals surface area contributed by atoms with Crippen molar-refractivity contribution in [2.75, 3.05) is 6.26 Å². The summed E-state index contributed by atoms with van der Waals surface area (Å²) < 4.78 is 22.3. The lowest BCUT2D eigenvalue weighted by atomic mass is 10.1. The topological polar surface area (TPSA) is 51.2 Å². The molecule has 1 aromatic rings. The van der Waals surface area contributed by atoms with Gasteiger partial charge in [-0.05, 0) is 31.2 Å². The Bertz CT molecular complexity index is 462. The predicted molar refractivity (Wildman–Crippen MR) is 60.1 cm³/mol. The zero-order valence-electron chi connectivity index (χ0n) is 8.40. The Hall–Kier alpha value is -0.870. The highest BCUT2D eigenvalue weighted by Gasteiger charge is 2.24. The van der Waals surface area contributed by atoms with Crippen molar-refractivity contribution < 1.29 is 13.2 Å². The van der Waals surface area contributed by atoms with Crippen LogP contribution in [0.15, 0.2) is 24.3 Å². The van der Waals surface area contributed by atoms with Gasteiger partial charge in [0.1, 0.15) is 5.25 Å². The van der Waals surface area contributed by atoms with Crippen LogP contribution in [0.3, 0.4) is 0 Å². The molecule has 0 fully saturated rings. The molecule has 3 nitrogen and oxygen atoms in total. The summed E-state index contributed by atoms with van der Waals surface area (Å²) in [6, 6.07) is 6.16. The van der Waals surface area contributed by atoms with Gasteiger partial charge < -0.3 is 0 Å². The van der Waals surface area contributed by atoms with Crippen molar-refractivity contribution >= 4 is 27.2 Å². The number of rotatable bonds is 3. The number of hydrogen-bond donors (Lipinski definition) is 0. The van der Waals surface area contributed by atoms with Crippen molar-refractivity contribution in [1.29, 1.82) is 0 Å². The number of sulfone groups is 1. The van der Waals surface area contributed by atoms with Gasteiger partial charge >= 0.3 is 0 Å². The second-order valence-electron chi connectivity index (χ2n) is 3.34. The highest BCUT2D eigenvalue weighted by molar-refractivity contribution is 7.92. The predicted octanol–water partition coefficient (Wildman–Crippen LogP) is 1.96. The smallest absolute Gasteiger partial charge is 0.180 e. The molecule has 15 heavy (non-hydrogen) atoms. The molecule has 5 heteroatoms. The van der Waals surface area contributed by atoms with Gasteiger partial charge in [-0.25, -0.2) is 8.42 Å². The molecular formula is C10H11ClO3S. The van der Waals surface area contributed by atoms with Gasteiger partial charge in [0.25, 0.3) is 0 Å². The first kappa shape index (κ1) is 12.2. The zero-order chi connectivity index (χ0) is 11.6. The van der Waals surface area contributed by atoms with E-state index in [9.17, 15) is 13.2 Å². The second-order valence-corrected chi connectivity index (χ2v) is 6.15. The van der Waals surface area contributed by atoms with Gasteiger partial charge in [0.15, 0.2) is 15.6 Å². The van der Waals surface area contributed by atoms with Crippen LogP contribution < -0.4 is 0 Å². The van der Waals surface area contributed by atoms with Gasteiger partial charge in [0, 0.05) is 16.8 Å². The minimum atomic E-state index is -3.34. The lowest BCUT2D eigenvalue weighted by Crippen LogP contribution is -2.26. The lowest BCUT2D eigenvalue weighted by Gasteiger charge is -2.07. The lowest BCUT2D eigenvalue weighted by molar-refractivity contribution is 0.0991. The Morgan fingerprint density at radius 1 is 1.27 bits per heavy atom. The summed E-state index contributed by atoms with van der Waals surface area (Å²) in [5.41, 5.74) is 0.359. The normalized spacial score (nSPS) is 13.5. The SMILES string of the molecule is CC(C(=O)c1ccc(Cl)cc1)S(C)(=O)=O. The van der Waals surface area contributed by atoms with Crippen LogP contribution in [0.1, 0.15) is 17.3 Å². The number of carbonyl (C=O) groups is 1. The molecule has 0 N–H and O–H groups in total. The van der Waals surface area contributed by atoms with Crippen LogP contribution >= 0.6 is 11.6 Å². The summed E-state index contributed by atoms with van der Waals surface area (Å²) in [7, 11) is -3.34. The minimum absolute atomic E-state index is 0.359. The van der Waals surface area contributed by atoms with E-state index in [1.807, 2.05) is 0 Å². The van der Waals surface area contributed by atoms with Crippen LogP contribution in [-0.2, 0) is 9.84 Å². The number of ketones is 1. The number of carbonyl (C=O) groups excluding carboxylic acids is 1. The van der Waals surface area contributed by atoms with Gasteiger partial charge in [0.05, 0.1) is 0 Å². The molecule has 0 aliphatic rings. The second kappa shape index (κ2) is 4.33. The van der Waals surface area contributed by atoms with E-state index in [0.717, 1.165) is 6.26 Å². The summed E-state index contributed by atoms with van der Waals surface area (Å²) in [5, 5.41) is -0.503. The molecule has 0 heterocycles. The molecule has 0 aliphatic carbocycles. The van der Waals surface area contributed by atoms with Crippen LogP contribution in [0, 0.1) is 0 Å². The maximum absolute atomic E-state index is 11.7. The molecule has 1 unspecified atom stereocenters. The first-order chi connectivity index (χ1) is 6.82. The molecule has 1 aromatic carbocycles. The molecule has 0 bridgehead atoms. The van der Waals surface area contributed by atoms with Crippen molar-refractivity contribution in [1.82, 2.24) is 0 Å². The van der Waals surface area contributed by atoms with Crippen molar-refractivity contribution in [3.05, 3.63) is 34.9 Å². The van der Waals surface area contributed by atoms with Gasteiger partial charge in [-0.2, -0.15) is 0 Å². The van der Waals surface area contributed by atoms with E-state index < -0.39 is 20.9 Å².